The summed E-state index contributed by atoms with van der Waals surface area (Å²) in [5, 5.41) is 6.95. The molecule has 1 saturated heterocycles. The summed E-state index contributed by atoms with van der Waals surface area (Å²) in [5.74, 6) is 1.29. The first-order valence-corrected chi connectivity index (χ1v) is 9.31. The molecule has 1 aliphatic rings. The molecule has 1 aliphatic heterocycles. The van der Waals surface area contributed by atoms with Crippen LogP contribution in [0.15, 0.2) is 41.4 Å². The van der Waals surface area contributed by atoms with Crippen LogP contribution in [0.2, 0.25) is 0 Å². The number of aryl methyl sites for hydroxylation is 1. The predicted octanol–water partition coefficient (Wildman–Crippen LogP) is 1.85. The molecule has 0 aliphatic carbocycles. The number of piperazine rings is 1. The lowest BCUT2D eigenvalue weighted by Gasteiger charge is -2.36. The second-order valence-corrected chi connectivity index (χ2v) is 6.90. The number of carbonyl (C=O) groups excluding carboxylic acids is 1. The maximum absolute atomic E-state index is 12.1. The summed E-state index contributed by atoms with van der Waals surface area (Å²) in [7, 11) is 0. The third kappa shape index (κ3) is 5.02. The molecule has 1 amide bonds. The van der Waals surface area contributed by atoms with Crippen molar-refractivity contribution in [3.63, 3.8) is 0 Å². The highest BCUT2D eigenvalue weighted by Crippen LogP contribution is 2.17. The Hall–Kier alpha value is -2.51. The lowest BCUT2D eigenvalue weighted by Crippen LogP contribution is -2.53. The normalized spacial score (nSPS) is 16.8. The van der Waals surface area contributed by atoms with Crippen molar-refractivity contribution in [3.05, 3.63) is 48.4 Å². The Bertz CT molecular complexity index is 763. The Labute approximate surface area is 160 Å². The molecule has 0 spiro atoms. The summed E-state index contributed by atoms with van der Waals surface area (Å²) >= 11 is 0. The lowest BCUT2D eigenvalue weighted by molar-refractivity contribution is -0.126. The highest BCUT2D eigenvalue weighted by Gasteiger charge is 2.26. The zero-order valence-electron chi connectivity index (χ0n) is 16.0. The van der Waals surface area contributed by atoms with Crippen LogP contribution in [0.4, 0.5) is 0 Å². The fraction of sp³-hybridized carbons (Fsp3) is 0.450. The van der Waals surface area contributed by atoms with Gasteiger partial charge in [-0.1, -0.05) is 41.1 Å². The predicted molar refractivity (Wildman–Crippen MR) is 104 cm³/mol. The van der Waals surface area contributed by atoms with Gasteiger partial charge in [-0.2, -0.15) is 4.98 Å². The average molecular weight is 369 g/mol. The van der Waals surface area contributed by atoms with Crippen LogP contribution >= 0.6 is 0 Å². The number of amides is 1. The van der Waals surface area contributed by atoms with Gasteiger partial charge in [0, 0.05) is 38.3 Å². The SMILES string of the molecule is C=CCNC(=O)C(C)N1CCN(Cc2nc(-c3ccc(C)cc3)no2)CC1. The third-order valence-electron chi connectivity index (χ3n) is 4.89. The van der Waals surface area contributed by atoms with Gasteiger partial charge < -0.3 is 9.84 Å². The van der Waals surface area contributed by atoms with Crippen LogP contribution in [-0.2, 0) is 11.3 Å². The zero-order valence-corrected chi connectivity index (χ0v) is 16.0. The van der Waals surface area contributed by atoms with Gasteiger partial charge in [-0.15, -0.1) is 6.58 Å². The number of hydrogen-bond donors (Lipinski definition) is 1. The minimum absolute atomic E-state index is 0.0444. The summed E-state index contributed by atoms with van der Waals surface area (Å²) in [6.45, 7) is 12.1. The Morgan fingerprint density at radius 1 is 1.30 bits per heavy atom. The molecule has 1 unspecified atom stereocenters. The first-order valence-electron chi connectivity index (χ1n) is 9.31. The molecule has 1 fully saturated rings. The first-order chi connectivity index (χ1) is 13.1. The molecular weight excluding hydrogens is 342 g/mol. The lowest BCUT2D eigenvalue weighted by atomic mass is 10.1. The van der Waals surface area contributed by atoms with Gasteiger partial charge in [0.05, 0.1) is 12.6 Å². The maximum atomic E-state index is 12.1. The Kier molecular flexibility index (Phi) is 6.36. The van der Waals surface area contributed by atoms with Crippen molar-refractivity contribution in [2.24, 2.45) is 0 Å². The molecule has 7 nitrogen and oxygen atoms in total. The second-order valence-electron chi connectivity index (χ2n) is 6.90. The van der Waals surface area contributed by atoms with Crippen LogP contribution in [0, 0.1) is 6.92 Å². The van der Waals surface area contributed by atoms with Crippen LogP contribution < -0.4 is 5.32 Å². The van der Waals surface area contributed by atoms with E-state index in [1.165, 1.54) is 5.56 Å². The molecule has 1 aromatic heterocycles. The minimum Gasteiger partial charge on any atom is -0.351 e. The number of benzene rings is 1. The average Bonchev–Trinajstić information content (AvgIpc) is 3.15. The molecule has 1 atom stereocenters. The zero-order chi connectivity index (χ0) is 19.2. The maximum Gasteiger partial charge on any atom is 0.241 e. The Morgan fingerprint density at radius 2 is 2.00 bits per heavy atom. The molecule has 0 bridgehead atoms. The molecular formula is C20H27N5O2. The van der Waals surface area contributed by atoms with E-state index in [9.17, 15) is 4.79 Å². The second kappa shape index (κ2) is 8.92. The summed E-state index contributed by atoms with van der Waals surface area (Å²) in [5.41, 5.74) is 2.16. The van der Waals surface area contributed by atoms with Crippen molar-refractivity contribution in [2.75, 3.05) is 32.7 Å². The number of rotatable bonds is 7. The molecule has 7 heteroatoms. The van der Waals surface area contributed by atoms with E-state index in [0.29, 0.717) is 24.8 Å². The van der Waals surface area contributed by atoms with Crippen LogP contribution in [0.1, 0.15) is 18.4 Å². The van der Waals surface area contributed by atoms with Gasteiger partial charge in [0.15, 0.2) is 0 Å². The molecule has 144 valence electrons. The van der Waals surface area contributed by atoms with Gasteiger partial charge in [-0.3, -0.25) is 14.6 Å². The standard InChI is InChI=1S/C20H27N5O2/c1-4-9-21-20(26)16(3)25-12-10-24(11-13-25)14-18-22-19(23-27-18)17-7-5-15(2)6-8-17/h4-8,16H,1,9-14H2,2-3H3,(H,21,26). The Morgan fingerprint density at radius 3 is 2.67 bits per heavy atom. The third-order valence-corrected chi connectivity index (χ3v) is 4.89. The van der Waals surface area contributed by atoms with Crippen molar-refractivity contribution in [1.29, 1.82) is 0 Å². The van der Waals surface area contributed by atoms with E-state index in [1.807, 2.05) is 31.2 Å². The van der Waals surface area contributed by atoms with Gasteiger partial charge in [-0.25, -0.2) is 0 Å². The van der Waals surface area contributed by atoms with Crippen molar-refractivity contribution in [2.45, 2.75) is 26.4 Å². The molecule has 27 heavy (non-hydrogen) atoms. The molecule has 0 saturated carbocycles. The molecule has 1 N–H and O–H groups in total. The largest absolute Gasteiger partial charge is 0.351 e. The van der Waals surface area contributed by atoms with E-state index in [2.05, 4.69) is 38.8 Å². The number of hydrogen-bond acceptors (Lipinski definition) is 6. The summed E-state index contributed by atoms with van der Waals surface area (Å²) in [4.78, 5) is 21.1. The fourth-order valence-corrected chi connectivity index (χ4v) is 3.13. The number of nitrogens with zero attached hydrogens (tertiary/aromatic N) is 4. The topological polar surface area (TPSA) is 74.5 Å². The van der Waals surface area contributed by atoms with Gasteiger partial charge >= 0.3 is 0 Å². The summed E-state index contributed by atoms with van der Waals surface area (Å²) in [6.07, 6.45) is 1.69. The quantitative estimate of drug-likeness (QED) is 0.751. The highest BCUT2D eigenvalue weighted by atomic mass is 16.5. The van der Waals surface area contributed by atoms with Crippen molar-refractivity contribution in [1.82, 2.24) is 25.3 Å². The highest BCUT2D eigenvalue weighted by molar-refractivity contribution is 5.81. The van der Waals surface area contributed by atoms with Gasteiger partial charge in [0.1, 0.15) is 0 Å². The number of aromatic nitrogens is 2. The number of nitrogens with one attached hydrogen (secondary N) is 1. The van der Waals surface area contributed by atoms with E-state index in [0.717, 1.165) is 31.7 Å². The van der Waals surface area contributed by atoms with Crippen LogP contribution in [0.25, 0.3) is 11.4 Å². The van der Waals surface area contributed by atoms with Crippen LogP contribution in [-0.4, -0.2) is 64.6 Å². The van der Waals surface area contributed by atoms with Crippen molar-refractivity contribution in [3.8, 4) is 11.4 Å². The van der Waals surface area contributed by atoms with E-state index in [-0.39, 0.29) is 11.9 Å². The first kappa shape index (κ1) is 19.3. The van der Waals surface area contributed by atoms with E-state index < -0.39 is 0 Å². The van der Waals surface area contributed by atoms with Gasteiger partial charge in [0.25, 0.3) is 0 Å². The van der Waals surface area contributed by atoms with Crippen molar-refractivity contribution < 1.29 is 9.32 Å². The minimum atomic E-state index is -0.136. The fourth-order valence-electron chi connectivity index (χ4n) is 3.13. The van der Waals surface area contributed by atoms with Crippen LogP contribution in [0.3, 0.4) is 0 Å². The van der Waals surface area contributed by atoms with Crippen molar-refractivity contribution >= 4 is 5.91 Å². The van der Waals surface area contributed by atoms with Gasteiger partial charge in [0.2, 0.25) is 17.6 Å². The van der Waals surface area contributed by atoms with Gasteiger partial charge in [-0.05, 0) is 13.8 Å². The van der Waals surface area contributed by atoms with E-state index in [1.54, 1.807) is 6.08 Å². The van der Waals surface area contributed by atoms with E-state index in [4.69, 9.17) is 4.52 Å². The molecule has 2 heterocycles. The van der Waals surface area contributed by atoms with Crippen LogP contribution in [0.5, 0.6) is 0 Å². The number of carbonyl (C=O) groups is 1. The smallest absolute Gasteiger partial charge is 0.241 e. The Balaban J connectivity index is 1.50. The summed E-state index contributed by atoms with van der Waals surface area (Å²) in [6, 6.07) is 7.94. The molecule has 1 aromatic carbocycles. The van der Waals surface area contributed by atoms with E-state index >= 15 is 0 Å². The monoisotopic (exact) mass is 369 g/mol. The molecule has 3 rings (SSSR count). The summed E-state index contributed by atoms with van der Waals surface area (Å²) < 4.78 is 5.42. The molecule has 2 aromatic rings. The molecule has 0 radical (unpaired) electrons.